The molecule has 27 heavy (non-hydrogen) atoms. The average molecular weight is 358 g/mol. The lowest BCUT2D eigenvalue weighted by Crippen LogP contribution is -2.31. The summed E-state index contributed by atoms with van der Waals surface area (Å²) < 4.78 is 0. The lowest BCUT2D eigenvalue weighted by Gasteiger charge is -2.25. The van der Waals surface area contributed by atoms with E-state index in [0.717, 1.165) is 42.5 Å². The third-order valence-corrected chi connectivity index (χ3v) is 4.94. The van der Waals surface area contributed by atoms with Crippen LogP contribution in [0.3, 0.4) is 0 Å². The molecular formula is C22H22N4O. The molecule has 2 heterocycles. The van der Waals surface area contributed by atoms with E-state index in [2.05, 4.69) is 27.4 Å². The summed E-state index contributed by atoms with van der Waals surface area (Å²) >= 11 is 0. The molecule has 0 saturated carbocycles. The van der Waals surface area contributed by atoms with E-state index in [1.165, 1.54) is 5.56 Å². The van der Waals surface area contributed by atoms with Crippen LogP contribution < -0.4 is 5.32 Å². The Morgan fingerprint density at radius 1 is 1.11 bits per heavy atom. The Kier molecular flexibility index (Phi) is 5.19. The van der Waals surface area contributed by atoms with Gasteiger partial charge in [-0.15, -0.1) is 0 Å². The lowest BCUT2D eigenvalue weighted by atomic mass is 9.92. The van der Waals surface area contributed by atoms with Crippen LogP contribution >= 0.6 is 0 Å². The molecule has 0 unspecified atom stereocenters. The minimum atomic E-state index is 0.00325. The van der Waals surface area contributed by atoms with Crippen LogP contribution in [0.5, 0.6) is 0 Å². The fraction of sp³-hybridized carbons (Fsp3) is 0.273. The van der Waals surface area contributed by atoms with E-state index in [-0.39, 0.29) is 11.9 Å². The largest absolute Gasteiger partial charge is 0.349 e. The third-order valence-electron chi connectivity index (χ3n) is 4.94. The fourth-order valence-corrected chi connectivity index (χ4v) is 3.51. The molecule has 4 rings (SSSR count). The smallest absolute Gasteiger partial charge is 0.220 e. The summed E-state index contributed by atoms with van der Waals surface area (Å²) in [6.07, 6.45) is 9.48. The standard InChI is InChI=1S/C22H22N4O/c27-21(10-9-16-5-2-1-3-6-16)25-19-7-4-8-20-18(19)15-24-22(26-20)17-11-13-23-14-12-17/h1-3,5-6,11-15,19H,4,7-10H2,(H,25,27)/t19-/m1/s1. The Morgan fingerprint density at radius 2 is 1.93 bits per heavy atom. The summed E-state index contributed by atoms with van der Waals surface area (Å²) in [6.45, 7) is 0. The van der Waals surface area contributed by atoms with Crippen LogP contribution in [0.25, 0.3) is 11.4 Å². The second kappa shape index (κ2) is 8.08. The Labute approximate surface area is 158 Å². The highest BCUT2D eigenvalue weighted by molar-refractivity contribution is 5.76. The van der Waals surface area contributed by atoms with Crippen LogP contribution in [0.1, 0.15) is 42.1 Å². The van der Waals surface area contributed by atoms with Crippen LogP contribution in [0.2, 0.25) is 0 Å². The number of hydrogen-bond donors (Lipinski definition) is 1. The van der Waals surface area contributed by atoms with Gasteiger partial charge in [0.05, 0.1) is 6.04 Å². The highest BCUT2D eigenvalue weighted by atomic mass is 16.1. The SMILES string of the molecule is O=C(CCc1ccccc1)N[C@@H]1CCCc2nc(-c3ccncc3)ncc21. The van der Waals surface area contributed by atoms with E-state index in [0.29, 0.717) is 12.2 Å². The molecule has 0 saturated heterocycles. The molecule has 5 heteroatoms. The summed E-state index contributed by atoms with van der Waals surface area (Å²) in [6, 6.07) is 13.9. The van der Waals surface area contributed by atoms with Gasteiger partial charge in [-0.3, -0.25) is 9.78 Å². The maximum Gasteiger partial charge on any atom is 0.220 e. The zero-order valence-corrected chi connectivity index (χ0v) is 15.1. The minimum absolute atomic E-state index is 0.00325. The Bertz CT molecular complexity index is 912. The number of nitrogens with one attached hydrogen (secondary N) is 1. The van der Waals surface area contributed by atoms with Gasteiger partial charge in [-0.2, -0.15) is 0 Å². The maximum atomic E-state index is 12.4. The van der Waals surface area contributed by atoms with Gasteiger partial charge in [-0.05, 0) is 43.4 Å². The Hall–Kier alpha value is -3.08. The molecule has 2 aromatic heterocycles. The van der Waals surface area contributed by atoms with Gasteiger partial charge in [0.1, 0.15) is 0 Å². The van der Waals surface area contributed by atoms with Crippen molar-refractivity contribution < 1.29 is 4.79 Å². The summed E-state index contributed by atoms with van der Waals surface area (Å²) in [5.74, 6) is 0.794. The van der Waals surface area contributed by atoms with Crippen molar-refractivity contribution in [2.24, 2.45) is 0 Å². The van der Waals surface area contributed by atoms with Gasteiger partial charge < -0.3 is 5.32 Å². The van der Waals surface area contributed by atoms with E-state index in [4.69, 9.17) is 4.98 Å². The summed E-state index contributed by atoms with van der Waals surface area (Å²) in [5, 5.41) is 3.18. The molecule has 1 N–H and O–H groups in total. The highest BCUT2D eigenvalue weighted by Crippen LogP contribution is 2.29. The number of aryl methyl sites for hydroxylation is 2. The monoisotopic (exact) mass is 358 g/mol. The molecule has 3 aromatic rings. The van der Waals surface area contributed by atoms with Crippen molar-refractivity contribution in [3.8, 4) is 11.4 Å². The second-order valence-corrected chi connectivity index (χ2v) is 6.83. The fourth-order valence-electron chi connectivity index (χ4n) is 3.51. The molecular weight excluding hydrogens is 336 g/mol. The van der Waals surface area contributed by atoms with Crippen LogP contribution in [-0.4, -0.2) is 20.9 Å². The molecule has 0 aliphatic heterocycles. The normalized spacial score (nSPS) is 15.8. The van der Waals surface area contributed by atoms with Gasteiger partial charge in [0.25, 0.3) is 0 Å². The van der Waals surface area contributed by atoms with E-state index in [1.54, 1.807) is 12.4 Å². The van der Waals surface area contributed by atoms with Crippen molar-refractivity contribution in [1.29, 1.82) is 0 Å². The molecule has 1 aliphatic rings. The van der Waals surface area contributed by atoms with Gasteiger partial charge in [0, 0.05) is 41.8 Å². The number of carbonyl (C=O) groups is 1. The first-order valence-corrected chi connectivity index (χ1v) is 9.39. The predicted molar refractivity (Wildman–Crippen MR) is 104 cm³/mol. The predicted octanol–water partition coefficient (Wildman–Crippen LogP) is 3.67. The van der Waals surface area contributed by atoms with Crippen molar-refractivity contribution in [1.82, 2.24) is 20.3 Å². The number of aromatic nitrogens is 3. The molecule has 0 spiro atoms. The third kappa shape index (κ3) is 4.19. The molecule has 0 fully saturated rings. The van der Waals surface area contributed by atoms with Gasteiger partial charge in [-0.25, -0.2) is 9.97 Å². The number of pyridine rings is 1. The van der Waals surface area contributed by atoms with E-state index < -0.39 is 0 Å². The molecule has 1 aromatic carbocycles. The van der Waals surface area contributed by atoms with E-state index in [1.807, 2.05) is 36.5 Å². The van der Waals surface area contributed by atoms with Gasteiger partial charge in [-0.1, -0.05) is 30.3 Å². The van der Waals surface area contributed by atoms with Crippen LogP contribution in [0.15, 0.2) is 61.1 Å². The summed E-state index contributed by atoms with van der Waals surface area (Å²) in [7, 11) is 0. The first-order chi connectivity index (χ1) is 13.3. The number of benzene rings is 1. The Balaban J connectivity index is 1.44. The first kappa shape index (κ1) is 17.3. The number of fused-ring (bicyclic) bond motifs is 1. The van der Waals surface area contributed by atoms with Crippen LogP contribution in [-0.2, 0) is 17.6 Å². The van der Waals surface area contributed by atoms with Crippen LogP contribution in [0, 0.1) is 0 Å². The zero-order chi connectivity index (χ0) is 18.5. The zero-order valence-electron chi connectivity index (χ0n) is 15.1. The number of amides is 1. The second-order valence-electron chi connectivity index (χ2n) is 6.83. The topological polar surface area (TPSA) is 67.8 Å². The lowest BCUT2D eigenvalue weighted by molar-refractivity contribution is -0.121. The number of hydrogen-bond acceptors (Lipinski definition) is 4. The van der Waals surface area contributed by atoms with Crippen LogP contribution in [0.4, 0.5) is 0 Å². The van der Waals surface area contributed by atoms with Gasteiger partial charge in [0.2, 0.25) is 5.91 Å². The summed E-state index contributed by atoms with van der Waals surface area (Å²) in [5.41, 5.74) is 4.23. The van der Waals surface area contributed by atoms with Gasteiger partial charge >= 0.3 is 0 Å². The molecule has 1 atom stereocenters. The quantitative estimate of drug-likeness (QED) is 0.756. The van der Waals surface area contributed by atoms with E-state index >= 15 is 0 Å². The Morgan fingerprint density at radius 3 is 2.74 bits per heavy atom. The van der Waals surface area contributed by atoms with Crippen molar-refractivity contribution >= 4 is 5.91 Å². The van der Waals surface area contributed by atoms with Crippen molar-refractivity contribution in [3.05, 3.63) is 77.9 Å². The molecule has 1 aliphatic carbocycles. The van der Waals surface area contributed by atoms with Crippen molar-refractivity contribution in [2.75, 3.05) is 0 Å². The number of nitrogens with zero attached hydrogens (tertiary/aromatic N) is 3. The molecule has 136 valence electrons. The number of carbonyl (C=O) groups excluding carboxylic acids is 1. The maximum absolute atomic E-state index is 12.4. The highest BCUT2D eigenvalue weighted by Gasteiger charge is 2.23. The average Bonchev–Trinajstić information content (AvgIpc) is 2.73. The van der Waals surface area contributed by atoms with Crippen molar-refractivity contribution in [3.63, 3.8) is 0 Å². The van der Waals surface area contributed by atoms with Crippen molar-refractivity contribution in [2.45, 2.75) is 38.1 Å². The number of rotatable bonds is 5. The first-order valence-electron chi connectivity index (χ1n) is 9.39. The summed E-state index contributed by atoms with van der Waals surface area (Å²) in [4.78, 5) is 25.7. The molecule has 5 nitrogen and oxygen atoms in total. The molecule has 1 amide bonds. The van der Waals surface area contributed by atoms with E-state index in [9.17, 15) is 4.79 Å². The van der Waals surface area contributed by atoms with Gasteiger partial charge in [0.15, 0.2) is 5.82 Å². The molecule has 0 radical (unpaired) electrons. The molecule has 0 bridgehead atoms. The minimum Gasteiger partial charge on any atom is -0.349 e.